The van der Waals surface area contributed by atoms with Crippen molar-refractivity contribution in [3.8, 4) is 0 Å². The number of thiophene rings is 1. The van der Waals surface area contributed by atoms with E-state index in [1.807, 2.05) is 0 Å². The normalized spacial score (nSPS) is 11.3. The summed E-state index contributed by atoms with van der Waals surface area (Å²) in [6.07, 6.45) is 0. The number of sulfonamides is 1. The van der Waals surface area contributed by atoms with Crippen molar-refractivity contribution in [2.24, 2.45) is 5.73 Å². The Morgan fingerprint density at radius 2 is 1.90 bits per heavy atom. The Morgan fingerprint density at radius 3 is 2.35 bits per heavy atom. The summed E-state index contributed by atoms with van der Waals surface area (Å²) < 4.78 is 27.3. The molecule has 0 bridgehead atoms. The number of benzene rings is 1. The van der Waals surface area contributed by atoms with Gasteiger partial charge in [0.1, 0.15) is 4.21 Å². The molecule has 20 heavy (non-hydrogen) atoms. The SMILES string of the molecule is NC(=O)c1ccc(NS(=O)(=O)c2cc(Cl)c(Br)s2)cc1. The molecular formula is C11H8BrClN2O3S2. The van der Waals surface area contributed by atoms with Crippen LogP contribution in [0, 0.1) is 0 Å². The maximum absolute atomic E-state index is 12.1. The van der Waals surface area contributed by atoms with Crippen LogP contribution in [0.4, 0.5) is 5.69 Å². The van der Waals surface area contributed by atoms with Gasteiger partial charge in [-0.2, -0.15) is 0 Å². The number of hydrogen-bond donors (Lipinski definition) is 2. The third-order valence-electron chi connectivity index (χ3n) is 2.31. The lowest BCUT2D eigenvalue weighted by Gasteiger charge is -2.06. The van der Waals surface area contributed by atoms with E-state index in [1.165, 1.54) is 30.3 Å². The second-order valence-electron chi connectivity index (χ2n) is 3.73. The van der Waals surface area contributed by atoms with E-state index >= 15 is 0 Å². The lowest BCUT2D eigenvalue weighted by Crippen LogP contribution is -2.13. The van der Waals surface area contributed by atoms with E-state index < -0.39 is 15.9 Å². The van der Waals surface area contributed by atoms with Crippen LogP contribution >= 0.6 is 38.9 Å². The maximum Gasteiger partial charge on any atom is 0.271 e. The van der Waals surface area contributed by atoms with Crippen LogP contribution in [-0.2, 0) is 10.0 Å². The zero-order valence-electron chi connectivity index (χ0n) is 9.76. The molecular weight excluding hydrogens is 388 g/mol. The molecule has 0 atom stereocenters. The molecule has 1 heterocycles. The minimum atomic E-state index is -3.71. The fourth-order valence-corrected chi connectivity index (χ4v) is 4.82. The molecule has 1 aromatic heterocycles. The van der Waals surface area contributed by atoms with Crippen molar-refractivity contribution in [1.82, 2.24) is 0 Å². The summed E-state index contributed by atoms with van der Waals surface area (Å²) in [4.78, 5) is 10.9. The summed E-state index contributed by atoms with van der Waals surface area (Å²) in [6, 6.07) is 7.16. The third-order valence-corrected chi connectivity index (χ3v) is 6.64. The average Bonchev–Trinajstić information content (AvgIpc) is 2.71. The number of rotatable bonds is 4. The zero-order valence-corrected chi connectivity index (χ0v) is 13.7. The van der Waals surface area contributed by atoms with E-state index in [0.29, 0.717) is 20.1 Å². The molecule has 0 spiro atoms. The van der Waals surface area contributed by atoms with Crippen molar-refractivity contribution >= 4 is 60.5 Å². The number of hydrogen-bond acceptors (Lipinski definition) is 4. The highest BCUT2D eigenvalue weighted by molar-refractivity contribution is 9.11. The highest BCUT2D eigenvalue weighted by Gasteiger charge is 2.19. The van der Waals surface area contributed by atoms with E-state index in [9.17, 15) is 13.2 Å². The number of primary amides is 1. The first-order valence-corrected chi connectivity index (χ1v) is 8.64. The van der Waals surface area contributed by atoms with Crippen molar-refractivity contribution in [1.29, 1.82) is 0 Å². The number of amides is 1. The lowest BCUT2D eigenvalue weighted by molar-refractivity contribution is 0.100. The van der Waals surface area contributed by atoms with Crippen molar-refractivity contribution in [2.75, 3.05) is 4.72 Å². The highest BCUT2D eigenvalue weighted by atomic mass is 79.9. The van der Waals surface area contributed by atoms with Gasteiger partial charge in [0.15, 0.2) is 0 Å². The van der Waals surface area contributed by atoms with Gasteiger partial charge in [-0.3, -0.25) is 9.52 Å². The molecule has 0 unspecified atom stereocenters. The molecule has 0 radical (unpaired) electrons. The van der Waals surface area contributed by atoms with Crippen LogP contribution in [0.15, 0.2) is 38.3 Å². The van der Waals surface area contributed by atoms with E-state index in [2.05, 4.69) is 20.7 Å². The number of carbonyl (C=O) groups is 1. The molecule has 1 aromatic carbocycles. The minimum absolute atomic E-state index is 0.0911. The van der Waals surface area contributed by atoms with Gasteiger partial charge in [0.2, 0.25) is 5.91 Å². The number of carbonyl (C=O) groups excluding carboxylic acids is 1. The standard InChI is InChI=1S/C11H8BrClN2O3S2/c12-10-8(13)5-9(19-10)20(17,18)15-7-3-1-6(2-4-7)11(14)16/h1-5,15H,(H2,14,16). The minimum Gasteiger partial charge on any atom is -0.366 e. The Hall–Kier alpha value is -1.09. The Balaban J connectivity index is 2.26. The summed E-state index contributed by atoms with van der Waals surface area (Å²) in [5.41, 5.74) is 5.74. The Morgan fingerprint density at radius 1 is 1.30 bits per heavy atom. The molecule has 2 rings (SSSR count). The Kier molecular flexibility index (Phi) is 4.38. The first kappa shape index (κ1) is 15.3. The van der Waals surface area contributed by atoms with Gasteiger partial charge < -0.3 is 5.73 Å². The monoisotopic (exact) mass is 394 g/mol. The van der Waals surface area contributed by atoms with E-state index in [-0.39, 0.29) is 4.21 Å². The molecule has 0 aliphatic rings. The third kappa shape index (κ3) is 3.32. The van der Waals surface area contributed by atoms with E-state index in [0.717, 1.165) is 11.3 Å². The number of anilines is 1. The molecule has 3 N–H and O–H groups in total. The summed E-state index contributed by atoms with van der Waals surface area (Å²) >= 11 is 9.99. The van der Waals surface area contributed by atoms with Gasteiger partial charge in [0.05, 0.1) is 8.81 Å². The lowest BCUT2D eigenvalue weighted by atomic mass is 10.2. The molecule has 0 fully saturated rings. The number of nitrogens with one attached hydrogen (secondary N) is 1. The van der Waals surface area contributed by atoms with Gasteiger partial charge in [-0.25, -0.2) is 8.42 Å². The van der Waals surface area contributed by atoms with Crippen molar-refractivity contribution < 1.29 is 13.2 Å². The van der Waals surface area contributed by atoms with Gasteiger partial charge in [0.25, 0.3) is 10.0 Å². The van der Waals surface area contributed by atoms with Crippen molar-refractivity contribution in [2.45, 2.75) is 4.21 Å². The summed E-state index contributed by atoms with van der Waals surface area (Å²) in [5, 5.41) is 0.333. The van der Waals surface area contributed by atoms with Crippen LogP contribution in [0.3, 0.4) is 0 Å². The highest BCUT2D eigenvalue weighted by Crippen LogP contribution is 2.35. The van der Waals surface area contributed by atoms with Gasteiger partial charge >= 0.3 is 0 Å². The number of nitrogens with two attached hydrogens (primary N) is 1. The summed E-state index contributed by atoms with van der Waals surface area (Å²) in [7, 11) is -3.71. The topological polar surface area (TPSA) is 89.3 Å². The molecule has 0 aliphatic carbocycles. The van der Waals surface area contributed by atoms with Gasteiger partial charge in [-0.1, -0.05) is 11.6 Å². The van der Waals surface area contributed by atoms with Crippen LogP contribution < -0.4 is 10.5 Å². The van der Waals surface area contributed by atoms with Crippen molar-refractivity contribution in [3.63, 3.8) is 0 Å². The van der Waals surface area contributed by atoms with Gasteiger partial charge in [-0.15, -0.1) is 11.3 Å². The largest absolute Gasteiger partial charge is 0.366 e. The predicted octanol–water partition coefficient (Wildman–Crippen LogP) is 3.06. The maximum atomic E-state index is 12.1. The fourth-order valence-electron chi connectivity index (χ4n) is 1.37. The molecule has 0 saturated heterocycles. The van der Waals surface area contributed by atoms with Crippen LogP contribution in [0.1, 0.15) is 10.4 Å². The van der Waals surface area contributed by atoms with Gasteiger partial charge in [0, 0.05) is 11.3 Å². The Bertz CT molecular complexity index is 737. The average molecular weight is 396 g/mol. The fraction of sp³-hybridized carbons (Fsp3) is 0. The second-order valence-corrected chi connectivity index (χ2v) is 8.42. The second kappa shape index (κ2) is 5.72. The Labute approximate surface area is 132 Å². The first-order chi connectivity index (χ1) is 9.29. The quantitative estimate of drug-likeness (QED) is 0.833. The first-order valence-electron chi connectivity index (χ1n) is 5.17. The van der Waals surface area contributed by atoms with E-state index in [1.54, 1.807) is 0 Å². The van der Waals surface area contributed by atoms with Crippen LogP contribution in [0.25, 0.3) is 0 Å². The summed E-state index contributed by atoms with van der Waals surface area (Å²) in [6.45, 7) is 0. The van der Waals surface area contributed by atoms with Gasteiger partial charge in [-0.05, 0) is 46.3 Å². The predicted molar refractivity (Wildman–Crippen MR) is 82.8 cm³/mol. The van der Waals surface area contributed by atoms with Crippen LogP contribution in [0.5, 0.6) is 0 Å². The molecule has 0 aliphatic heterocycles. The molecule has 9 heteroatoms. The number of halogens is 2. The van der Waals surface area contributed by atoms with E-state index in [4.69, 9.17) is 17.3 Å². The smallest absolute Gasteiger partial charge is 0.271 e. The van der Waals surface area contributed by atoms with Crippen LogP contribution in [-0.4, -0.2) is 14.3 Å². The molecule has 106 valence electrons. The molecule has 1 amide bonds. The van der Waals surface area contributed by atoms with Crippen molar-refractivity contribution in [3.05, 3.63) is 44.7 Å². The zero-order chi connectivity index (χ0) is 14.9. The van der Waals surface area contributed by atoms with Crippen LogP contribution in [0.2, 0.25) is 5.02 Å². The molecule has 0 saturated carbocycles. The summed E-state index contributed by atoms with van der Waals surface area (Å²) in [5.74, 6) is -0.576. The molecule has 5 nitrogen and oxygen atoms in total. The molecule has 2 aromatic rings.